The van der Waals surface area contributed by atoms with Crippen LogP contribution >= 0.6 is 0 Å². The highest BCUT2D eigenvalue weighted by molar-refractivity contribution is 5.86. The molecule has 0 aromatic heterocycles. The molecule has 0 bridgehead atoms. The number of benzene rings is 1. The van der Waals surface area contributed by atoms with Crippen molar-refractivity contribution in [3.05, 3.63) is 35.9 Å². The fraction of sp³-hybridized carbons (Fsp3) is 0.250. The average Bonchev–Trinajstić information content (AvgIpc) is 2.15. The Morgan fingerprint density at radius 1 is 1.25 bits per heavy atom. The summed E-state index contributed by atoms with van der Waals surface area (Å²) in [6, 6.07) is 5.51. The van der Waals surface area contributed by atoms with E-state index in [9.17, 15) is 4.79 Å². The summed E-state index contributed by atoms with van der Waals surface area (Å²) in [5.41, 5.74) is 14.0. The van der Waals surface area contributed by atoms with Crippen LogP contribution in [-0.2, 0) is 9.53 Å². The van der Waals surface area contributed by atoms with Crippen molar-refractivity contribution in [3.63, 3.8) is 0 Å². The van der Waals surface area contributed by atoms with Gasteiger partial charge in [-0.2, -0.15) is 0 Å². The molecule has 0 fully saturated rings. The summed E-state index contributed by atoms with van der Waals surface area (Å²) in [6.07, 6.45) is 0. The van der Waals surface area contributed by atoms with Crippen molar-refractivity contribution in [3.8, 4) is 0 Å². The first kappa shape index (κ1) is 14.0. The third-order valence-corrected chi connectivity index (χ3v) is 1.66. The largest absolute Gasteiger partial charge is 0.466 e. The maximum Gasteiger partial charge on any atom is 0.332 e. The van der Waals surface area contributed by atoms with Crippen LogP contribution in [0.25, 0.3) is 0 Å². The van der Waals surface area contributed by atoms with Gasteiger partial charge in [0.15, 0.2) is 0 Å². The Morgan fingerprint density at radius 3 is 1.88 bits per heavy atom. The van der Waals surface area contributed by atoms with E-state index in [-0.39, 0.29) is 5.97 Å². The molecule has 0 saturated heterocycles. The number of aryl methyl sites for hydroxylation is 1. The Kier molecular flexibility index (Phi) is 5.70. The fourth-order valence-electron chi connectivity index (χ4n) is 1.02. The van der Waals surface area contributed by atoms with Crippen LogP contribution in [0.15, 0.2) is 30.4 Å². The quantitative estimate of drug-likeness (QED) is 0.432. The molecule has 0 aliphatic carbocycles. The van der Waals surface area contributed by atoms with E-state index in [1.807, 2.05) is 19.1 Å². The number of rotatable bonds is 1. The Bertz CT molecular complexity index is 336. The molecule has 0 unspecified atom stereocenters. The number of nitrogen functional groups attached to an aromatic ring is 2. The molecule has 0 atom stereocenters. The van der Waals surface area contributed by atoms with E-state index in [1.54, 1.807) is 13.0 Å². The van der Waals surface area contributed by atoms with Crippen molar-refractivity contribution in [2.24, 2.45) is 0 Å². The van der Waals surface area contributed by atoms with E-state index >= 15 is 0 Å². The molecule has 0 aliphatic heterocycles. The molecule has 88 valence electrons. The van der Waals surface area contributed by atoms with Gasteiger partial charge >= 0.3 is 5.97 Å². The third kappa shape index (κ3) is 5.70. The lowest BCUT2D eigenvalue weighted by atomic mass is 10.2. The molecule has 16 heavy (non-hydrogen) atoms. The van der Waals surface area contributed by atoms with Crippen LogP contribution in [0.1, 0.15) is 12.5 Å². The number of anilines is 2. The van der Waals surface area contributed by atoms with Crippen LogP contribution in [0.5, 0.6) is 0 Å². The summed E-state index contributed by atoms with van der Waals surface area (Å²) >= 11 is 0. The Morgan fingerprint density at radius 2 is 1.69 bits per heavy atom. The number of esters is 1. The molecule has 0 amide bonds. The van der Waals surface area contributed by atoms with Gasteiger partial charge in [0.05, 0.1) is 7.11 Å². The number of hydrogen-bond acceptors (Lipinski definition) is 4. The molecule has 0 saturated carbocycles. The zero-order valence-electron chi connectivity index (χ0n) is 9.91. The SMILES string of the molecule is C=C(C)C(=O)OC.Cc1cc(N)cc(N)c1. The second-order valence-corrected chi connectivity index (χ2v) is 3.45. The second kappa shape index (κ2) is 6.50. The first-order valence-electron chi connectivity index (χ1n) is 4.73. The lowest BCUT2D eigenvalue weighted by Crippen LogP contribution is -1.98. The van der Waals surface area contributed by atoms with Crippen LogP contribution in [0.4, 0.5) is 11.4 Å². The first-order chi connectivity index (χ1) is 7.36. The van der Waals surface area contributed by atoms with Crippen LogP contribution in [0, 0.1) is 6.92 Å². The van der Waals surface area contributed by atoms with E-state index in [0.29, 0.717) is 5.57 Å². The van der Waals surface area contributed by atoms with Gasteiger partial charge in [-0.25, -0.2) is 4.79 Å². The molecule has 4 N–H and O–H groups in total. The predicted molar refractivity (Wildman–Crippen MR) is 66.8 cm³/mol. The summed E-state index contributed by atoms with van der Waals surface area (Å²) < 4.78 is 4.27. The zero-order chi connectivity index (χ0) is 12.7. The Balaban J connectivity index is 0.000000293. The van der Waals surface area contributed by atoms with Crippen molar-refractivity contribution >= 4 is 17.3 Å². The maximum atomic E-state index is 10.2. The molecular formula is C12H18N2O2. The Hall–Kier alpha value is -1.97. The highest BCUT2D eigenvalue weighted by Gasteiger charge is 1.95. The van der Waals surface area contributed by atoms with E-state index < -0.39 is 0 Å². The van der Waals surface area contributed by atoms with Crippen molar-refractivity contribution < 1.29 is 9.53 Å². The van der Waals surface area contributed by atoms with Crippen LogP contribution in [0.2, 0.25) is 0 Å². The Labute approximate surface area is 95.9 Å². The molecule has 1 aromatic carbocycles. The number of methoxy groups -OCH3 is 1. The molecule has 1 aromatic rings. The monoisotopic (exact) mass is 222 g/mol. The predicted octanol–water partition coefficient (Wildman–Crippen LogP) is 1.89. The molecule has 4 nitrogen and oxygen atoms in total. The lowest BCUT2D eigenvalue weighted by Gasteiger charge is -1.97. The van der Waals surface area contributed by atoms with Crippen LogP contribution in [0.3, 0.4) is 0 Å². The molecule has 4 heteroatoms. The van der Waals surface area contributed by atoms with E-state index in [4.69, 9.17) is 11.5 Å². The molecule has 1 rings (SSSR count). The van der Waals surface area contributed by atoms with Gasteiger partial charge in [0.25, 0.3) is 0 Å². The zero-order valence-corrected chi connectivity index (χ0v) is 9.91. The van der Waals surface area contributed by atoms with Crippen molar-refractivity contribution in [1.29, 1.82) is 0 Å². The topological polar surface area (TPSA) is 78.3 Å². The summed E-state index contributed by atoms with van der Waals surface area (Å²) in [4.78, 5) is 10.2. The molecule has 0 heterocycles. The van der Waals surface area contributed by atoms with E-state index in [0.717, 1.165) is 16.9 Å². The van der Waals surface area contributed by atoms with Gasteiger partial charge in [-0.1, -0.05) is 6.58 Å². The van der Waals surface area contributed by atoms with Gasteiger partial charge in [0.2, 0.25) is 0 Å². The fourth-order valence-corrected chi connectivity index (χ4v) is 1.02. The van der Waals surface area contributed by atoms with Gasteiger partial charge in [0.1, 0.15) is 0 Å². The van der Waals surface area contributed by atoms with Gasteiger partial charge in [0, 0.05) is 16.9 Å². The highest BCUT2D eigenvalue weighted by atomic mass is 16.5. The van der Waals surface area contributed by atoms with Gasteiger partial charge in [-0.05, 0) is 37.6 Å². The molecule has 0 aliphatic rings. The van der Waals surface area contributed by atoms with Gasteiger partial charge in [-0.15, -0.1) is 0 Å². The number of ether oxygens (including phenoxy) is 1. The van der Waals surface area contributed by atoms with Crippen molar-refractivity contribution in [1.82, 2.24) is 0 Å². The minimum atomic E-state index is -0.347. The summed E-state index contributed by atoms with van der Waals surface area (Å²) in [6.45, 7) is 6.92. The normalized spacial score (nSPS) is 8.69. The third-order valence-electron chi connectivity index (χ3n) is 1.66. The smallest absolute Gasteiger partial charge is 0.332 e. The lowest BCUT2D eigenvalue weighted by molar-refractivity contribution is -0.136. The van der Waals surface area contributed by atoms with Crippen LogP contribution < -0.4 is 11.5 Å². The van der Waals surface area contributed by atoms with Gasteiger partial charge in [-0.3, -0.25) is 0 Å². The number of carbonyl (C=O) groups excluding carboxylic acids is 1. The first-order valence-corrected chi connectivity index (χ1v) is 4.73. The van der Waals surface area contributed by atoms with E-state index in [2.05, 4.69) is 11.3 Å². The average molecular weight is 222 g/mol. The molecular weight excluding hydrogens is 204 g/mol. The minimum absolute atomic E-state index is 0.347. The molecule has 0 radical (unpaired) electrons. The standard InChI is InChI=1S/C7H10N2.C5H8O2/c1-5-2-6(8)4-7(9)3-5;1-4(2)5(6)7-3/h2-4H,8-9H2,1H3;1H2,2-3H3. The minimum Gasteiger partial charge on any atom is -0.466 e. The number of carbonyl (C=O) groups is 1. The van der Waals surface area contributed by atoms with Crippen molar-refractivity contribution in [2.75, 3.05) is 18.6 Å². The highest BCUT2D eigenvalue weighted by Crippen LogP contribution is 2.11. The summed E-state index contributed by atoms with van der Waals surface area (Å²) in [5.74, 6) is -0.347. The number of hydrogen-bond donors (Lipinski definition) is 2. The van der Waals surface area contributed by atoms with Crippen LogP contribution in [-0.4, -0.2) is 13.1 Å². The second-order valence-electron chi connectivity index (χ2n) is 3.45. The number of nitrogens with two attached hydrogens (primary N) is 2. The summed E-state index contributed by atoms with van der Waals surface area (Å²) in [7, 11) is 1.33. The maximum absolute atomic E-state index is 10.2. The van der Waals surface area contributed by atoms with Crippen molar-refractivity contribution in [2.45, 2.75) is 13.8 Å². The molecule has 0 spiro atoms. The van der Waals surface area contributed by atoms with Gasteiger partial charge < -0.3 is 16.2 Å². The van der Waals surface area contributed by atoms with E-state index in [1.165, 1.54) is 7.11 Å². The summed E-state index contributed by atoms with van der Waals surface area (Å²) in [5, 5.41) is 0.